The Balaban J connectivity index is 1.66. The lowest BCUT2D eigenvalue weighted by molar-refractivity contribution is 0.0697. The number of aromatic nitrogens is 3. The van der Waals surface area contributed by atoms with Crippen LogP contribution in [0.25, 0.3) is 22.3 Å². The van der Waals surface area contributed by atoms with E-state index in [1.807, 2.05) is 30.5 Å². The zero-order valence-electron chi connectivity index (χ0n) is 14.3. The van der Waals surface area contributed by atoms with E-state index >= 15 is 0 Å². The first-order valence-electron chi connectivity index (χ1n) is 8.50. The second-order valence-corrected chi connectivity index (χ2v) is 6.63. The highest BCUT2D eigenvalue weighted by atomic mass is 35.5. The van der Waals surface area contributed by atoms with E-state index in [0.717, 1.165) is 23.9 Å². The lowest BCUT2D eigenvalue weighted by Gasteiger charge is -2.06. The summed E-state index contributed by atoms with van der Waals surface area (Å²) in [4.78, 5) is 19.9. The SMILES string of the molecule is O=C(O)c1ccnc(-c2cc3c(Cl)cn(CCc4ccccc4)c3cn2)c1. The van der Waals surface area contributed by atoms with Crippen molar-refractivity contribution in [1.82, 2.24) is 14.5 Å². The third-order valence-electron chi connectivity index (χ3n) is 4.47. The molecular formula is C21H16ClN3O2. The molecule has 0 unspecified atom stereocenters. The average molecular weight is 378 g/mol. The first-order valence-corrected chi connectivity index (χ1v) is 8.87. The molecule has 3 heterocycles. The van der Waals surface area contributed by atoms with Crippen LogP contribution in [0.1, 0.15) is 15.9 Å². The number of fused-ring (bicyclic) bond motifs is 1. The molecule has 0 bridgehead atoms. The molecule has 0 saturated carbocycles. The number of halogens is 1. The lowest BCUT2D eigenvalue weighted by atomic mass is 10.1. The van der Waals surface area contributed by atoms with E-state index in [0.29, 0.717) is 16.4 Å². The minimum Gasteiger partial charge on any atom is -0.478 e. The number of aryl methyl sites for hydroxylation is 2. The van der Waals surface area contributed by atoms with Crippen LogP contribution in [0.3, 0.4) is 0 Å². The van der Waals surface area contributed by atoms with Crippen LogP contribution in [0.2, 0.25) is 5.02 Å². The quantitative estimate of drug-likeness (QED) is 0.547. The minimum atomic E-state index is -0.996. The minimum absolute atomic E-state index is 0.174. The third-order valence-corrected chi connectivity index (χ3v) is 4.77. The summed E-state index contributed by atoms with van der Waals surface area (Å²) in [5, 5.41) is 10.7. The number of carboxylic acids is 1. The van der Waals surface area contributed by atoms with Crippen LogP contribution in [0.4, 0.5) is 0 Å². The highest BCUT2D eigenvalue weighted by Crippen LogP contribution is 2.29. The van der Waals surface area contributed by atoms with Crippen molar-refractivity contribution in [3.05, 3.63) is 83.3 Å². The van der Waals surface area contributed by atoms with E-state index in [9.17, 15) is 4.79 Å². The van der Waals surface area contributed by atoms with Gasteiger partial charge in [-0.05, 0) is 30.2 Å². The zero-order chi connectivity index (χ0) is 18.8. The van der Waals surface area contributed by atoms with Gasteiger partial charge < -0.3 is 9.67 Å². The first-order chi connectivity index (χ1) is 13.1. The van der Waals surface area contributed by atoms with Crippen LogP contribution in [-0.4, -0.2) is 25.6 Å². The Bertz CT molecular complexity index is 1120. The zero-order valence-corrected chi connectivity index (χ0v) is 15.1. The Morgan fingerprint density at radius 1 is 1.07 bits per heavy atom. The maximum Gasteiger partial charge on any atom is 0.335 e. The molecule has 1 N–H and O–H groups in total. The van der Waals surface area contributed by atoms with Gasteiger partial charge in [0.1, 0.15) is 0 Å². The van der Waals surface area contributed by atoms with E-state index < -0.39 is 5.97 Å². The Kier molecular flexibility index (Phi) is 4.60. The molecule has 0 amide bonds. The molecule has 0 atom stereocenters. The summed E-state index contributed by atoms with van der Waals surface area (Å²) in [6.45, 7) is 0.793. The summed E-state index contributed by atoms with van der Waals surface area (Å²) in [5.41, 5.74) is 3.47. The molecule has 1 aromatic carbocycles. The van der Waals surface area contributed by atoms with E-state index in [-0.39, 0.29) is 5.56 Å². The van der Waals surface area contributed by atoms with Crippen molar-refractivity contribution in [3.8, 4) is 11.4 Å². The van der Waals surface area contributed by atoms with Gasteiger partial charge >= 0.3 is 5.97 Å². The van der Waals surface area contributed by atoms with Gasteiger partial charge in [-0.15, -0.1) is 0 Å². The Morgan fingerprint density at radius 2 is 1.85 bits per heavy atom. The normalized spacial score (nSPS) is 11.0. The average Bonchev–Trinajstić information content (AvgIpc) is 3.02. The van der Waals surface area contributed by atoms with Crippen LogP contribution in [-0.2, 0) is 13.0 Å². The van der Waals surface area contributed by atoms with Crippen molar-refractivity contribution < 1.29 is 9.90 Å². The molecule has 0 aliphatic heterocycles. The highest BCUT2D eigenvalue weighted by Gasteiger charge is 2.12. The summed E-state index contributed by atoms with van der Waals surface area (Å²) in [6, 6.07) is 15.1. The van der Waals surface area contributed by atoms with Crippen LogP contribution < -0.4 is 0 Å². The van der Waals surface area contributed by atoms with Crippen LogP contribution in [0, 0.1) is 0 Å². The van der Waals surface area contributed by atoms with Gasteiger partial charge in [0.2, 0.25) is 0 Å². The molecule has 4 rings (SSSR count). The van der Waals surface area contributed by atoms with Gasteiger partial charge in [0.25, 0.3) is 0 Å². The number of carbonyl (C=O) groups is 1. The summed E-state index contributed by atoms with van der Waals surface area (Å²) < 4.78 is 2.09. The molecule has 3 aromatic heterocycles. The maximum atomic E-state index is 11.2. The first kappa shape index (κ1) is 17.2. The van der Waals surface area contributed by atoms with Crippen molar-refractivity contribution in [2.75, 3.05) is 0 Å². The van der Waals surface area contributed by atoms with Gasteiger partial charge in [-0.3, -0.25) is 9.97 Å². The molecule has 134 valence electrons. The fourth-order valence-electron chi connectivity index (χ4n) is 3.07. The molecule has 27 heavy (non-hydrogen) atoms. The summed E-state index contributed by atoms with van der Waals surface area (Å²) >= 11 is 6.44. The van der Waals surface area contributed by atoms with Crippen molar-refractivity contribution in [3.63, 3.8) is 0 Å². The topological polar surface area (TPSA) is 68.0 Å². The lowest BCUT2D eigenvalue weighted by Crippen LogP contribution is -2.00. The number of benzene rings is 1. The third kappa shape index (κ3) is 3.55. The maximum absolute atomic E-state index is 11.2. The summed E-state index contributed by atoms with van der Waals surface area (Å²) in [5.74, 6) is -0.996. The van der Waals surface area contributed by atoms with Crippen LogP contribution in [0.15, 0.2) is 67.1 Å². The fraction of sp³-hybridized carbons (Fsp3) is 0.0952. The second-order valence-electron chi connectivity index (χ2n) is 6.23. The number of hydrogen-bond donors (Lipinski definition) is 1. The van der Waals surface area contributed by atoms with Gasteiger partial charge in [0.05, 0.1) is 33.7 Å². The van der Waals surface area contributed by atoms with Crippen molar-refractivity contribution in [2.45, 2.75) is 13.0 Å². The van der Waals surface area contributed by atoms with E-state index in [1.165, 1.54) is 23.9 Å². The standard InChI is InChI=1S/C21H16ClN3O2/c22-17-13-25(9-7-14-4-2-1-3-5-14)20-12-24-19(11-16(17)20)18-10-15(21(26)27)6-8-23-18/h1-6,8,10-13H,7,9H2,(H,26,27). The van der Waals surface area contributed by atoms with Crippen LogP contribution in [0.5, 0.6) is 0 Å². The summed E-state index contributed by atoms with van der Waals surface area (Å²) in [6.07, 6.45) is 6.03. The molecule has 0 aliphatic carbocycles. The van der Waals surface area contributed by atoms with E-state index in [2.05, 4.69) is 26.7 Å². The Hall–Kier alpha value is -3.18. The number of nitrogens with zero attached hydrogens (tertiary/aromatic N) is 3. The molecule has 0 aliphatic rings. The highest BCUT2D eigenvalue weighted by molar-refractivity contribution is 6.35. The molecule has 6 heteroatoms. The molecular weight excluding hydrogens is 362 g/mol. The fourth-order valence-corrected chi connectivity index (χ4v) is 3.34. The van der Waals surface area contributed by atoms with Crippen molar-refractivity contribution in [2.24, 2.45) is 0 Å². The van der Waals surface area contributed by atoms with Gasteiger partial charge in [0.15, 0.2) is 0 Å². The van der Waals surface area contributed by atoms with Crippen molar-refractivity contribution in [1.29, 1.82) is 0 Å². The molecule has 0 spiro atoms. The van der Waals surface area contributed by atoms with E-state index in [4.69, 9.17) is 16.7 Å². The number of carboxylic acid groups (broad SMARTS) is 1. The molecule has 4 aromatic rings. The predicted molar refractivity (Wildman–Crippen MR) is 105 cm³/mol. The number of pyridine rings is 2. The van der Waals surface area contributed by atoms with Gasteiger partial charge in [-0.2, -0.15) is 0 Å². The predicted octanol–water partition coefficient (Wildman–Crippen LogP) is 4.69. The van der Waals surface area contributed by atoms with Crippen molar-refractivity contribution >= 4 is 28.5 Å². The smallest absolute Gasteiger partial charge is 0.335 e. The second kappa shape index (κ2) is 7.21. The number of aromatic carboxylic acids is 1. The van der Waals surface area contributed by atoms with E-state index in [1.54, 1.807) is 6.20 Å². The number of hydrogen-bond acceptors (Lipinski definition) is 3. The molecule has 0 radical (unpaired) electrons. The Morgan fingerprint density at radius 3 is 2.63 bits per heavy atom. The van der Waals surface area contributed by atoms with Gasteiger partial charge in [-0.25, -0.2) is 4.79 Å². The number of rotatable bonds is 5. The van der Waals surface area contributed by atoms with Crippen LogP contribution >= 0.6 is 11.6 Å². The monoisotopic (exact) mass is 377 g/mol. The summed E-state index contributed by atoms with van der Waals surface area (Å²) in [7, 11) is 0. The van der Waals surface area contributed by atoms with Gasteiger partial charge in [0, 0.05) is 24.3 Å². The van der Waals surface area contributed by atoms with Gasteiger partial charge in [-0.1, -0.05) is 41.9 Å². The molecule has 5 nitrogen and oxygen atoms in total. The molecule has 0 fully saturated rings. The largest absolute Gasteiger partial charge is 0.478 e. The Labute approximate surface area is 160 Å². The molecule has 0 saturated heterocycles.